The van der Waals surface area contributed by atoms with Crippen LogP contribution in [0.15, 0.2) is 54.7 Å². The number of aromatic nitrogens is 1. The summed E-state index contributed by atoms with van der Waals surface area (Å²) in [5, 5.41) is 9.42. The van der Waals surface area contributed by atoms with Crippen LogP contribution in [0, 0.1) is 5.82 Å². The normalized spacial score (nSPS) is 11.2. The lowest BCUT2D eigenvalue weighted by Gasteiger charge is -2.15. The highest BCUT2D eigenvalue weighted by atomic mass is 35.5. The number of rotatable bonds is 6. The van der Waals surface area contributed by atoms with Crippen molar-refractivity contribution < 1.29 is 19.0 Å². The van der Waals surface area contributed by atoms with Gasteiger partial charge in [-0.1, -0.05) is 36.4 Å². The van der Waals surface area contributed by atoms with Crippen LogP contribution in [-0.4, -0.2) is 28.7 Å². The van der Waals surface area contributed by atoms with Crippen LogP contribution >= 0.6 is 24.8 Å². The van der Waals surface area contributed by atoms with Gasteiger partial charge in [0.1, 0.15) is 18.0 Å². The van der Waals surface area contributed by atoms with E-state index in [2.05, 4.69) is 4.98 Å². The molecule has 1 heterocycles. The number of carboxylic acids is 1. The largest absolute Gasteiger partial charge is 0.489 e. The molecule has 2 aromatic carbocycles. The summed E-state index contributed by atoms with van der Waals surface area (Å²) in [6, 6.07) is 13.6. The molecule has 0 spiro atoms. The molecular weight excluding hydrogens is 394 g/mol. The first-order valence-corrected chi connectivity index (χ1v) is 7.79. The molecule has 0 aliphatic rings. The lowest BCUT2D eigenvalue weighted by Crippen LogP contribution is -2.30. The van der Waals surface area contributed by atoms with E-state index in [0.717, 1.165) is 5.56 Å². The van der Waals surface area contributed by atoms with E-state index in [0.29, 0.717) is 6.42 Å². The van der Waals surface area contributed by atoms with Crippen molar-refractivity contribution in [3.05, 3.63) is 71.7 Å². The predicted molar refractivity (Wildman–Crippen MR) is 107 cm³/mol. The first-order chi connectivity index (χ1) is 12.1. The van der Waals surface area contributed by atoms with Crippen LogP contribution in [0.2, 0.25) is 0 Å². The van der Waals surface area contributed by atoms with Crippen LogP contribution in [0.1, 0.15) is 15.9 Å². The van der Waals surface area contributed by atoms with Gasteiger partial charge in [0.2, 0.25) is 0 Å². The molecule has 1 aromatic heterocycles. The maximum atomic E-state index is 14.1. The molecule has 0 aliphatic heterocycles. The Bertz CT molecular complexity index is 910. The monoisotopic (exact) mass is 412 g/mol. The predicted octanol–water partition coefficient (Wildman–Crippen LogP) is 3.86. The Morgan fingerprint density at radius 3 is 2.52 bits per heavy atom. The lowest BCUT2D eigenvalue weighted by atomic mass is 10.1. The fourth-order valence-corrected chi connectivity index (χ4v) is 2.68. The summed E-state index contributed by atoms with van der Waals surface area (Å²) in [5.41, 5.74) is 7.13. The highest BCUT2D eigenvalue weighted by molar-refractivity contribution is 6.05. The second kappa shape index (κ2) is 10.1. The second-order valence-electron chi connectivity index (χ2n) is 5.70. The van der Waals surface area contributed by atoms with Crippen LogP contribution in [0.25, 0.3) is 10.9 Å². The molecule has 0 unspecified atom stereocenters. The molecule has 3 aromatic rings. The summed E-state index contributed by atoms with van der Waals surface area (Å²) in [5.74, 6) is -1.92. The molecule has 8 heteroatoms. The SMILES string of the molecule is Cl.Cl.N[C@@H](COc1cnc2cccc(F)c2c1C(=O)O)Cc1ccccc1. The van der Waals surface area contributed by atoms with Gasteiger partial charge < -0.3 is 15.6 Å². The minimum atomic E-state index is -1.27. The number of nitrogens with two attached hydrogens (primary N) is 1. The Labute approximate surface area is 168 Å². The molecule has 0 amide bonds. The van der Waals surface area contributed by atoms with Gasteiger partial charge in [0.15, 0.2) is 5.75 Å². The van der Waals surface area contributed by atoms with Crippen molar-refractivity contribution in [3.63, 3.8) is 0 Å². The number of carboxylic acid groups (broad SMARTS) is 1. The molecule has 5 nitrogen and oxygen atoms in total. The number of benzene rings is 2. The third-order valence-corrected chi connectivity index (χ3v) is 3.82. The number of fused-ring (bicyclic) bond motifs is 1. The number of aromatic carboxylic acids is 1. The van der Waals surface area contributed by atoms with Crippen molar-refractivity contribution in [2.75, 3.05) is 6.61 Å². The summed E-state index contributed by atoms with van der Waals surface area (Å²) in [7, 11) is 0. The molecule has 0 saturated carbocycles. The van der Waals surface area contributed by atoms with Crippen molar-refractivity contribution in [3.8, 4) is 5.75 Å². The first-order valence-electron chi connectivity index (χ1n) is 7.79. The average Bonchev–Trinajstić information content (AvgIpc) is 2.60. The van der Waals surface area contributed by atoms with E-state index in [1.807, 2.05) is 30.3 Å². The molecule has 144 valence electrons. The van der Waals surface area contributed by atoms with Gasteiger partial charge in [0.25, 0.3) is 0 Å². The van der Waals surface area contributed by atoms with Crippen molar-refractivity contribution >= 4 is 41.7 Å². The minimum Gasteiger partial charge on any atom is -0.489 e. The topological polar surface area (TPSA) is 85.4 Å². The van der Waals surface area contributed by atoms with Gasteiger partial charge >= 0.3 is 5.97 Å². The number of hydrogen-bond donors (Lipinski definition) is 2. The van der Waals surface area contributed by atoms with E-state index in [1.165, 1.54) is 18.3 Å². The van der Waals surface area contributed by atoms with Crippen LogP contribution < -0.4 is 10.5 Å². The molecule has 1 atom stereocenters. The summed E-state index contributed by atoms with van der Waals surface area (Å²) in [6.07, 6.45) is 1.87. The Hall–Kier alpha value is -2.41. The maximum Gasteiger partial charge on any atom is 0.340 e. The second-order valence-corrected chi connectivity index (χ2v) is 5.70. The third kappa shape index (κ3) is 5.29. The van der Waals surface area contributed by atoms with Gasteiger partial charge in [0.05, 0.1) is 17.1 Å². The van der Waals surface area contributed by atoms with E-state index in [4.69, 9.17) is 10.5 Å². The summed E-state index contributed by atoms with van der Waals surface area (Å²) in [6.45, 7) is 0.0941. The van der Waals surface area contributed by atoms with Crippen molar-refractivity contribution in [2.24, 2.45) is 5.73 Å². The van der Waals surface area contributed by atoms with E-state index >= 15 is 0 Å². The molecule has 27 heavy (non-hydrogen) atoms. The van der Waals surface area contributed by atoms with Crippen LogP contribution in [-0.2, 0) is 6.42 Å². The fourth-order valence-electron chi connectivity index (χ4n) is 2.68. The Morgan fingerprint density at radius 1 is 1.15 bits per heavy atom. The fraction of sp³-hybridized carbons (Fsp3) is 0.158. The Balaban J connectivity index is 0.00000182. The highest BCUT2D eigenvalue weighted by Crippen LogP contribution is 2.28. The maximum absolute atomic E-state index is 14.1. The van der Waals surface area contributed by atoms with Crippen LogP contribution in [0.4, 0.5) is 4.39 Å². The summed E-state index contributed by atoms with van der Waals surface area (Å²) in [4.78, 5) is 15.7. The summed E-state index contributed by atoms with van der Waals surface area (Å²) < 4.78 is 19.7. The number of carbonyl (C=O) groups is 1. The Morgan fingerprint density at radius 2 is 1.85 bits per heavy atom. The zero-order valence-corrected chi connectivity index (χ0v) is 15.8. The van der Waals surface area contributed by atoms with Gasteiger partial charge in [-0.2, -0.15) is 0 Å². The molecule has 0 fully saturated rings. The Kier molecular flexibility index (Phi) is 8.43. The molecule has 0 radical (unpaired) electrons. The minimum absolute atomic E-state index is 0. The number of ether oxygens (including phenoxy) is 1. The van der Waals surface area contributed by atoms with Gasteiger partial charge in [-0.05, 0) is 24.1 Å². The number of halogens is 3. The smallest absolute Gasteiger partial charge is 0.340 e. The molecule has 0 bridgehead atoms. The van der Waals surface area contributed by atoms with Gasteiger partial charge in [-0.3, -0.25) is 4.98 Å². The standard InChI is InChI=1S/C19H17FN2O3.2ClH/c20-14-7-4-8-15-17(14)18(19(23)24)16(10-22-15)25-11-13(21)9-12-5-2-1-3-6-12;;/h1-8,10,13H,9,11,21H2,(H,23,24);2*1H/t13-;;/m1../s1. The quantitative estimate of drug-likeness (QED) is 0.641. The summed E-state index contributed by atoms with van der Waals surface area (Å²) >= 11 is 0. The van der Waals surface area contributed by atoms with E-state index in [9.17, 15) is 14.3 Å². The molecular formula is C19H19Cl2FN2O3. The van der Waals surface area contributed by atoms with Crippen LogP contribution in [0.3, 0.4) is 0 Å². The highest BCUT2D eigenvalue weighted by Gasteiger charge is 2.20. The molecule has 0 saturated heterocycles. The molecule has 0 aliphatic carbocycles. The number of nitrogens with zero attached hydrogens (tertiary/aromatic N) is 1. The lowest BCUT2D eigenvalue weighted by molar-refractivity contribution is 0.0693. The third-order valence-electron chi connectivity index (χ3n) is 3.82. The zero-order chi connectivity index (χ0) is 17.8. The van der Waals surface area contributed by atoms with E-state index in [-0.39, 0.29) is 59.7 Å². The van der Waals surface area contributed by atoms with Crippen LogP contribution in [0.5, 0.6) is 5.75 Å². The van der Waals surface area contributed by atoms with Crippen molar-refractivity contribution in [1.82, 2.24) is 4.98 Å². The number of hydrogen-bond acceptors (Lipinski definition) is 4. The average molecular weight is 413 g/mol. The van der Waals surface area contributed by atoms with Crippen molar-refractivity contribution in [2.45, 2.75) is 12.5 Å². The molecule has 3 rings (SSSR count). The van der Waals surface area contributed by atoms with Crippen molar-refractivity contribution in [1.29, 1.82) is 0 Å². The van der Waals surface area contributed by atoms with Gasteiger partial charge in [-0.15, -0.1) is 24.8 Å². The molecule has 3 N–H and O–H groups in total. The first kappa shape index (κ1) is 22.6. The zero-order valence-electron chi connectivity index (χ0n) is 14.2. The number of pyridine rings is 1. The van der Waals surface area contributed by atoms with E-state index < -0.39 is 11.8 Å². The van der Waals surface area contributed by atoms with Gasteiger partial charge in [-0.25, -0.2) is 9.18 Å². The van der Waals surface area contributed by atoms with E-state index in [1.54, 1.807) is 6.07 Å². The van der Waals surface area contributed by atoms with Gasteiger partial charge in [0, 0.05) is 6.04 Å².